The van der Waals surface area contributed by atoms with Crippen LogP contribution in [-0.4, -0.2) is 21.9 Å². The number of hydrogen-bond acceptors (Lipinski definition) is 5. The fraction of sp³-hybridized carbons (Fsp3) is 0.120. The van der Waals surface area contributed by atoms with E-state index >= 15 is 0 Å². The van der Waals surface area contributed by atoms with E-state index in [4.69, 9.17) is 32.7 Å². The van der Waals surface area contributed by atoms with Crippen molar-refractivity contribution in [3.63, 3.8) is 0 Å². The minimum absolute atomic E-state index is 0.254. The van der Waals surface area contributed by atoms with Gasteiger partial charge in [0.2, 0.25) is 5.95 Å². The largest absolute Gasteiger partial charge is 0.497 e. The molecule has 2 aliphatic rings. The van der Waals surface area contributed by atoms with Gasteiger partial charge in [-0.05, 0) is 53.6 Å². The molecule has 0 radical (unpaired) electrons. The number of aromatic nitrogens is 3. The molecular weight excluding hydrogens is 459 g/mol. The number of hydrogen-bond donors (Lipinski definition) is 1. The van der Waals surface area contributed by atoms with Gasteiger partial charge in [-0.2, -0.15) is 10.1 Å². The van der Waals surface area contributed by atoms with Crippen LogP contribution in [0.25, 0.3) is 5.70 Å². The molecule has 6 rings (SSSR count). The number of ether oxygens (including phenoxy) is 2. The van der Waals surface area contributed by atoms with Crippen LogP contribution in [0.5, 0.6) is 11.5 Å². The van der Waals surface area contributed by atoms with Crippen LogP contribution in [-0.2, 0) is 0 Å². The second-order valence-corrected chi connectivity index (χ2v) is 8.72. The van der Waals surface area contributed by atoms with Crippen LogP contribution in [0.15, 0.2) is 78.6 Å². The molecule has 6 nitrogen and oxygen atoms in total. The molecule has 4 aromatic rings. The molecule has 8 heteroatoms. The molecular formula is C25H18Cl2N4O2. The number of benzene rings is 3. The third-order valence-corrected chi connectivity index (χ3v) is 6.47. The van der Waals surface area contributed by atoms with Gasteiger partial charge in [-0.3, -0.25) is 0 Å². The number of halogens is 2. The molecule has 0 saturated heterocycles. The summed E-state index contributed by atoms with van der Waals surface area (Å²) in [5, 5.41) is 9.31. The predicted molar refractivity (Wildman–Crippen MR) is 128 cm³/mol. The van der Waals surface area contributed by atoms with Crippen molar-refractivity contribution in [2.24, 2.45) is 0 Å². The Morgan fingerprint density at radius 2 is 1.67 bits per heavy atom. The van der Waals surface area contributed by atoms with Crippen molar-refractivity contribution >= 4 is 34.8 Å². The Kier molecular flexibility index (Phi) is 4.78. The van der Waals surface area contributed by atoms with Gasteiger partial charge in [-0.1, -0.05) is 47.5 Å². The van der Waals surface area contributed by atoms with Gasteiger partial charge in [-0.15, -0.1) is 0 Å². The van der Waals surface area contributed by atoms with E-state index in [1.165, 1.54) is 0 Å². The number of rotatable bonds is 3. The molecule has 0 saturated carbocycles. The lowest BCUT2D eigenvalue weighted by Crippen LogP contribution is -2.32. The van der Waals surface area contributed by atoms with Crippen molar-refractivity contribution in [2.45, 2.75) is 12.1 Å². The molecule has 0 unspecified atom stereocenters. The summed E-state index contributed by atoms with van der Waals surface area (Å²) < 4.78 is 13.8. The van der Waals surface area contributed by atoms with Gasteiger partial charge in [0.05, 0.1) is 12.8 Å². The molecule has 1 aromatic heterocycles. The molecule has 1 N–H and O–H groups in total. The molecule has 0 fully saturated rings. The second kappa shape index (κ2) is 7.83. The van der Waals surface area contributed by atoms with Gasteiger partial charge in [0, 0.05) is 21.2 Å². The van der Waals surface area contributed by atoms with Gasteiger partial charge in [0.25, 0.3) is 0 Å². The second-order valence-electron chi connectivity index (χ2n) is 7.85. The SMILES string of the molecule is COc1ccc([C@H]2Oc3ccc(Cl)cc3C3=C2[C@@H](c2ccc(Cl)cc2)n2ncnc2N3)cc1. The van der Waals surface area contributed by atoms with Crippen molar-refractivity contribution in [1.29, 1.82) is 0 Å². The Labute approximate surface area is 200 Å². The fourth-order valence-electron chi connectivity index (χ4n) is 4.46. The minimum atomic E-state index is -0.370. The van der Waals surface area contributed by atoms with Crippen LogP contribution in [0.1, 0.15) is 28.8 Å². The van der Waals surface area contributed by atoms with Crippen molar-refractivity contribution < 1.29 is 9.47 Å². The van der Waals surface area contributed by atoms with E-state index in [1.807, 2.05) is 71.4 Å². The van der Waals surface area contributed by atoms with E-state index in [2.05, 4.69) is 15.4 Å². The van der Waals surface area contributed by atoms with Crippen molar-refractivity contribution in [2.75, 3.05) is 12.4 Å². The summed E-state index contributed by atoms with van der Waals surface area (Å²) in [7, 11) is 1.65. The predicted octanol–water partition coefficient (Wildman–Crippen LogP) is 6.15. The van der Waals surface area contributed by atoms with Crippen LogP contribution in [0, 0.1) is 0 Å². The lowest BCUT2D eigenvalue weighted by Gasteiger charge is -2.39. The minimum Gasteiger partial charge on any atom is -0.497 e. The van der Waals surface area contributed by atoms with Crippen LogP contribution >= 0.6 is 23.2 Å². The zero-order chi connectivity index (χ0) is 22.5. The molecule has 3 aromatic carbocycles. The number of fused-ring (bicyclic) bond motifs is 3. The van der Waals surface area contributed by atoms with Gasteiger partial charge >= 0.3 is 0 Å². The first-order valence-electron chi connectivity index (χ1n) is 10.4. The lowest BCUT2D eigenvalue weighted by atomic mass is 9.84. The van der Waals surface area contributed by atoms with Crippen LogP contribution in [0.4, 0.5) is 5.95 Å². The third kappa shape index (κ3) is 3.34. The van der Waals surface area contributed by atoms with Crippen molar-refractivity contribution in [3.8, 4) is 11.5 Å². The smallest absolute Gasteiger partial charge is 0.226 e. The van der Waals surface area contributed by atoms with Gasteiger partial charge in [0.1, 0.15) is 30.0 Å². The molecule has 0 amide bonds. The average Bonchev–Trinajstić information content (AvgIpc) is 3.31. The van der Waals surface area contributed by atoms with Gasteiger partial charge in [0.15, 0.2) is 0 Å². The van der Waals surface area contributed by atoms with Crippen molar-refractivity contribution in [1.82, 2.24) is 14.8 Å². The van der Waals surface area contributed by atoms with Crippen LogP contribution in [0.2, 0.25) is 10.0 Å². The molecule has 2 atom stereocenters. The highest BCUT2D eigenvalue weighted by molar-refractivity contribution is 6.31. The quantitative estimate of drug-likeness (QED) is 0.383. The van der Waals surface area contributed by atoms with E-state index in [0.717, 1.165) is 39.5 Å². The standard InChI is InChI=1S/C25H18Cl2N4O2/c1-32-18-9-4-15(5-10-18)24-21-22(19-12-17(27)8-11-20(19)33-24)30-25-28-13-29-31(25)23(21)14-2-6-16(26)7-3-14/h2-13,23-24H,1H3,(H,28,29,30)/t23-,24-/m1/s1. The maximum Gasteiger partial charge on any atom is 0.226 e. The first kappa shape index (κ1) is 20.1. The molecule has 3 heterocycles. The lowest BCUT2D eigenvalue weighted by molar-refractivity contribution is 0.223. The molecule has 0 aliphatic carbocycles. The number of nitrogens with zero attached hydrogens (tertiary/aromatic N) is 3. The topological polar surface area (TPSA) is 61.2 Å². The zero-order valence-corrected chi connectivity index (χ0v) is 19.0. The van der Waals surface area contributed by atoms with Crippen LogP contribution in [0.3, 0.4) is 0 Å². The zero-order valence-electron chi connectivity index (χ0n) is 17.5. The summed E-state index contributed by atoms with van der Waals surface area (Å²) in [5.74, 6) is 2.18. The van der Waals surface area contributed by atoms with Gasteiger partial charge < -0.3 is 14.8 Å². The number of methoxy groups -OCH3 is 1. The van der Waals surface area contributed by atoms with Gasteiger partial charge in [-0.25, -0.2) is 4.68 Å². The third-order valence-electron chi connectivity index (χ3n) is 5.98. The fourth-order valence-corrected chi connectivity index (χ4v) is 4.76. The summed E-state index contributed by atoms with van der Waals surface area (Å²) in [4.78, 5) is 4.45. The summed E-state index contributed by atoms with van der Waals surface area (Å²) in [6, 6.07) is 21.1. The Morgan fingerprint density at radius 1 is 0.939 bits per heavy atom. The Hall–Kier alpha value is -3.48. The highest BCUT2D eigenvalue weighted by Crippen LogP contribution is 2.51. The summed E-state index contributed by atoms with van der Waals surface area (Å²) in [6.07, 6.45) is 1.18. The molecule has 2 aliphatic heterocycles. The van der Waals surface area contributed by atoms with E-state index in [1.54, 1.807) is 13.4 Å². The maximum atomic E-state index is 6.60. The van der Waals surface area contributed by atoms with Crippen molar-refractivity contribution in [3.05, 3.63) is 105 Å². The number of anilines is 1. The maximum absolute atomic E-state index is 6.60. The summed E-state index contributed by atoms with van der Waals surface area (Å²) >= 11 is 12.6. The Bertz CT molecular complexity index is 1380. The molecule has 0 bridgehead atoms. The van der Waals surface area contributed by atoms with E-state index in [9.17, 15) is 0 Å². The number of nitrogens with one attached hydrogen (secondary N) is 1. The Balaban J connectivity index is 1.61. The highest BCUT2D eigenvalue weighted by Gasteiger charge is 2.41. The molecule has 164 valence electrons. The van der Waals surface area contributed by atoms with E-state index in [-0.39, 0.29) is 12.1 Å². The molecule has 33 heavy (non-hydrogen) atoms. The molecule has 0 spiro atoms. The van der Waals surface area contributed by atoms with E-state index < -0.39 is 0 Å². The highest BCUT2D eigenvalue weighted by atomic mass is 35.5. The van der Waals surface area contributed by atoms with E-state index in [0.29, 0.717) is 16.0 Å². The average molecular weight is 477 g/mol. The Morgan fingerprint density at radius 3 is 2.42 bits per heavy atom. The first-order chi connectivity index (χ1) is 16.1. The summed E-state index contributed by atoms with van der Waals surface area (Å²) in [5.41, 5.74) is 4.83. The van der Waals surface area contributed by atoms with Crippen LogP contribution < -0.4 is 14.8 Å². The summed E-state index contributed by atoms with van der Waals surface area (Å²) in [6.45, 7) is 0. The monoisotopic (exact) mass is 476 g/mol. The normalized spacial score (nSPS) is 18.5. The first-order valence-corrected chi connectivity index (χ1v) is 11.1.